The van der Waals surface area contributed by atoms with Crippen LogP contribution in [0.2, 0.25) is 0 Å². The summed E-state index contributed by atoms with van der Waals surface area (Å²) >= 11 is 0. The number of urea groups is 2. The van der Waals surface area contributed by atoms with E-state index in [9.17, 15) is 23.9 Å². The number of carbonyl (C=O) groups excluding carboxylic acids is 3. The second-order valence-corrected chi connectivity index (χ2v) is 10.5. The van der Waals surface area contributed by atoms with Crippen LogP contribution in [0.15, 0.2) is 72.8 Å². The zero-order valence-electron chi connectivity index (χ0n) is 23.8. The molecule has 4 rings (SSSR count). The number of anilines is 3. The lowest BCUT2D eigenvalue weighted by atomic mass is 10.0. The van der Waals surface area contributed by atoms with Crippen LogP contribution in [-0.2, 0) is 11.2 Å². The van der Waals surface area contributed by atoms with Gasteiger partial charge in [-0.05, 0) is 61.5 Å². The Morgan fingerprint density at radius 2 is 1.67 bits per heavy atom. The fourth-order valence-electron chi connectivity index (χ4n) is 4.65. The number of ether oxygens (including phenoxy) is 1. The minimum Gasteiger partial charge on any atom is -0.488 e. The standard InChI is InChI=1S/C31H36FN5O5/c1-20-17-37(21(2)19-38)29(39)16-22-15-26(34-30(40)33-24-7-5-4-6-8-24)13-14-27(22)42-28(20)18-36(3)31(41)35-25-11-9-23(32)10-12-25/h4-15,20-21,28,38H,16-19H2,1-3H3,(H,35,41)(H2,33,34,40)/t20-,21+,28+/m0/s1. The number of amides is 5. The third-order valence-corrected chi connectivity index (χ3v) is 7.10. The van der Waals surface area contributed by atoms with Crippen molar-refractivity contribution in [2.24, 2.45) is 5.92 Å². The fourth-order valence-corrected chi connectivity index (χ4v) is 4.65. The molecule has 222 valence electrons. The zero-order chi connectivity index (χ0) is 30.2. The van der Waals surface area contributed by atoms with Crippen molar-refractivity contribution in [3.63, 3.8) is 0 Å². The van der Waals surface area contributed by atoms with Crippen molar-refractivity contribution >= 4 is 35.0 Å². The molecular weight excluding hydrogens is 541 g/mol. The summed E-state index contributed by atoms with van der Waals surface area (Å²) in [5, 5.41) is 18.2. The summed E-state index contributed by atoms with van der Waals surface area (Å²) in [6, 6.07) is 18.3. The van der Waals surface area contributed by atoms with E-state index >= 15 is 0 Å². The Morgan fingerprint density at radius 1 is 1.02 bits per heavy atom. The highest BCUT2D eigenvalue weighted by Crippen LogP contribution is 2.29. The van der Waals surface area contributed by atoms with Gasteiger partial charge in [0, 0.05) is 42.1 Å². The topological polar surface area (TPSA) is 123 Å². The number of fused-ring (bicyclic) bond motifs is 1. The molecule has 3 atom stereocenters. The zero-order valence-corrected chi connectivity index (χ0v) is 23.8. The second-order valence-electron chi connectivity index (χ2n) is 10.5. The van der Waals surface area contributed by atoms with Crippen molar-refractivity contribution in [2.75, 3.05) is 42.7 Å². The number of aliphatic hydroxyl groups is 1. The van der Waals surface area contributed by atoms with E-state index < -0.39 is 30.0 Å². The van der Waals surface area contributed by atoms with Gasteiger partial charge in [0.15, 0.2) is 0 Å². The van der Waals surface area contributed by atoms with Gasteiger partial charge in [0.1, 0.15) is 17.7 Å². The molecule has 0 saturated heterocycles. The summed E-state index contributed by atoms with van der Waals surface area (Å²) in [5.41, 5.74) is 2.12. The molecule has 0 radical (unpaired) electrons. The van der Waals surface area contributed by atoms with E-state index in [2.05, 4.69) is 16.0 Å². The molecule has 0 aromatic heterocycles. The lowest BCUT2D eigenvalue weighted by molar-refractivity contribution is -0.134. The van der Waals surface area contributed by atoms with E-state index in [1.807, 2.05) is 25.1 Å². The van der Waals surface area contributed by atoms with E-state index in [0.717, 1.165) is 0 Å². The fraction of sp³-hybridized carbons (Fsp3) is 0.323. The Hall–Kier alpha value is -4.64. The van der Waals surface area contributed by atoms with Crippen LogP contribution in [0.5, 0.6) is 5.75 Å². The van der Waals surface area contributed by atoms with Gasteiger partial charge in [-0.15, -0.1) is 0 Å². The first-order valence-corrected chi connectivity index (χ1v) is 13.7. The van der Waals surface area contributed by atoms with E-state index in [-0.39, 0.29) is 31.4 Å². The summed E-state index contributed by atoms with van der Waals surface area (Å²) < 4.78 is 19.7. The maximum atomic E-state index is 13.4. The van der Waals surface area contributed by atoms with Crippen molar-refractivity contribution in [1.29, 1.82) is 0 Å². The molecule has 1 aliphatic heterocycles. The average molecular weight is 578 g/mol. The molecule has 4 N–H and O–H groups in total. The van der Waals surface area contributed by atoms with E-state index in [0.29, 0.717) is 34.9 Å². The lowest BCUT2D eigenvalue weighted by Gasteiger charge is -2.34. The highest BCUT2D eigenvalue weighted by Gasteiger charge is 2.32. The number of halogens is 1. The third kappa shape index (κ3) is 7.97. The van der Waals surface area contributed by atoms with Gasteiger partial charge in [-0.25, -0.2) is 14.0 Å². The quantitative estimate of drug-likeness (QED) is 0.322. The summed E-state index contributed by atoms with van der Waals surface area (Å²) in [7, 11) is 1.63. The Kier molecular flexibility index (Phi) is 9.98. The number of hydrogen-bond donors (Lipinski definition) is 4. The summed E-state index contributed by atoms with van der Waals surface area (Å²) in [4.78, 5) is 42.0. The average Bonchev–Trinajstić information content (AvgIpc) is 3.01. The molecular formula is C31H36FN5O5. The van der Waals surface area contributed by atoms with Gasteiger partial charge >= 0.3 is 12.1 Å². The van der Waals surface area contributed by atoms with Crippen molar-refractivity contribution < 1.29 is 28.6 Å². The number of likely N-dealkylation sites (N-methyl/N-ethyl adjacent to an activating group) is 1. The van der Waals surface area contributed by atoms with Gasteiger partial charge in [0.2, 0.25) is 5.91 Å². The molecule has 1 aliphatic rings. The van der Waals surface area contributed by atoms with Gasteiger partial charge in [0.25, 0.3) is 0 Å². The van der Waals surface area contributed by atoms with Crippen LogP contribution < -0.4 is 20.7 Å². The van der Waals surface area contributed by atoms with Crippen molar-refractivity contribution in [3.05, 3.63) is 84.2 Å². The van der Waals surface area contributed by atoms with Crippen molar-refractivity contribution in [2.45, 2.75) is 32.4 Å². The summed E-state index contributed by atoms with van der Waals surface area (Å²) in [6.07, 6.45) is -0.525. The van der Waals surface area contributed by atoms with E-state index in [1.165, 1.54) is 29.2 Å². The lowest BCUT2D eigenvalue weighted by Crippen LogP contribution is -2.48. The molecule has 3 aromatic rings. The molecule has 0 fully saturated rings. The Morgan fingerprint density at radius 3 is 2.36 bits per heavy atom. The van der Waals surface area contributed by atoms with Gasteiger partial charge in [-0.1, -0.05) is 25.1 Å². The monoisotopic (exact) mass is 577 g/mol. The molecule has 11 heteroatoms. The number of benzene rings is 3. The predicted octanol–water partition coefficient (Wildman–Crippen LogP) is 4.78. The van der Waals surface area contributed by atoms with Gasteiger partial charge in [0.05, 0.1) is 25.6 Å². The summed E-state index contributed by atoms with van der Waals surface area (Å²) in [5.74, 6) is -0.356. The van der Waals surface area contributed by atoms with Gasteiger partial charge in [-0.3, -0.25) is 4.79 Å². The number of hydrogen-bond acceptors (Lipinski definition) is 5. The predicted molar refractivity (Wildman–Crippen MR) is 159 cm³/mol. The molecule has 1 heterocycles. The first-order valence-electron chi connectivity index (χ1n) is 13.7. The number of rotatable bonds is 7. The maximum Gasteiger partial charge on any atom is 0.323 e. The minimum atomic E-state index is -0.521. The number of carbonyl (C=O) groups is 3. The van der Waals surface area contributed by atoms with Crippen LogP contribution in [0.4, 0.5) is 31.0 Å². The van der Waals surface area contributed by atoms with E-state index in [1.54, 1.807) is 49.2 Å². The molecule has 10 nitrogen and oxygen atoms in total. The normalized spacial score (nSPS) is 17.5. The molecule has 0 unspecified atom stereocenters. The Labute approximate surface area is 244 Å². The first-order chi connectivity index (χ1) is 20.1. The van der Waals surface area contributed by atoms with Crippen LogP contribution in [-0.4, -0.2) is 71.8 Å². The van der Waals surface area contributed by atoms with Gasteiger partial charge in [-0.2, -0.15) is 0 Å². The van der Waals surface area contributed by atoms with Crippen LogP contribution in [0.3, 0.4) is 0 Å². The molecule has 3 aromatic carbocycles. The second kappa shape index (κ2) is 13.8. The minimum absolute atomic E-state index is 0.00414. The molecule has 5 amide bonds. The first kappa shape index (κ1) is 30.3. The Bertz CT molecular complexity index is 1390. The SMILES string of the molecule is C[C@H](CO)N1C[C@H](C)[C@@H](CN(C)C(=O)Nc2ccc(F)cc2)Oc2ccc(NC(=O)Nc3ccccc3)cc2CC1=O. The van der Waals surface area contributed by atoms with Crippen LogP contribution >= 0.6 is 0 Å². The molecule has 0 saturated carbocycles. The number of aliphatic hydroxyl groups excluding tert-OH is 1. The number of para-hydroxylation sites is 1. The molecule has 0 spiro atoms. The molecule has 0 aliphatic carbocycles. The van der Waals surface area contributed by atoms with Crippen molar-refractivity contribution in [3.8, 4) is 5.75 Å². The molecule has 42 heavy (non-hydrogen) atoms. The van der Waals surface area contributed by atoms with Crippen LogP contribution in [0.25, 0.3) is 0 Å². The Balaban J connectivity index is 1.55. The van der Waals surface area contributed by atoms with Gasteiger partial charge < -0.3 is 35.6 Å². The maximum absolute atomic E-state index is 13.4. The number of nitrogens with zero attached hydrogens (tertiary/aromatic N) is 2. The highest BCUT2D eigenvalue weighted by molar-refractivity contribution is 6.00. The van der Waals surface area contributed by atoms with Crippen molar-refractivity contribution in [1.82, 2.24) is 9.80 Å². The smallest absolute Gasteiger partial charge is 0.323 e. The molecule has 0 bridgehead atoms. The summed E-state index contributed by atoms with van der Waals surface area (Å²) in [6.45, 7) is 3.97. The number of nitrogens with one attached hydrogen (secondary N) is 3. The van der Waals surface area contributed by atoms with E-state index in [4.69, 9.17) is 4.74 Å². The van der Waals surface area contributed by atoms with Crippen LogP contribution in [0.1, 0.15) is 19.4 Å². The highest BCUT2D eigenvalue weighted by atomic mass is 19.1. The van der Waals surface area contributed by atoms with Crippen LogP contribution in [0, 0.1) is 11.7 Å². The third-order valence-electron chi connectivity index (χ3n) is 7.10. The largest absolute Gasteiger partial charge is 0.488 e.